The van der Waals surface area contributed by atoms with E-state index < -0.39 is 0 Å². The van der Waals surface area contributed by atoms with E-state index in [0.717, 1.165) is 0 Å². The largest absolute Gasteiger partial charge is 0.0622 e. The number of hydrogen-bond acceptors (Lipinski definition) is 0. The van der Waals surface area contributed by atoms with E-state index in [2.05, 4.69) is 130 Å². The average molecular weight is 390 g/mol. The zero-order valence-electron chi connectivity index (χ0n) is 18.0. The molecule has 0 fully saturated rings. The summed E-state index contributed by atoms with van der Waals surface area (Å²) in [6, 6.07) is 40.8. The first kappa shape index (κ1) is 20.2. The lowest BCUT2D eigenvalue weighted by Crippen LogP contribution is -2.05. The van der Waals surface area contributed by atoms with Crippen molar-refractivity contribution in [2.75, 3.05) is 0 Å². The molecule has 4 rings (SSSR count). The van der Waals surface area contributed by atoms with Crippen molar-refractivity contribution in [3.05, 3.63) is 143 Å². The monoisotopic (exact) mass is 389 g/mol. The van der Waals surface area contributed by atoms with Crippen molar-refractivity contribution < 1.29 is 0 Å². The maximum absolute atomic E-state index is 3.79. The highest BCUT2D eigenvalue weighted by Crippen LogP contribution is 2.34. The van der Waals surface area contributed by atoms with Crippen LogP contribution in [0.2, 0.25) is 0 Å². The molecule has 4 aromatic rings. The summed E-state index contributed by atoms with van der Waals surface area (Å²) >= 11 is 0. The van der Waals surface area contributed by atoms with E-state index in [1.807, 2.05) is 0 Å². The summed E-state index contributed by atoms with van der Waals surface area (Å²) < 4.78 is 0. The molecule has 0 aliphatic carbocycles. The van der Waals surface area contributed by atoms with Gasteiger partial charge in [0.15, 0.2) is 0 Å². The Labute approximate surface area is 181 Å². The second-order valence-corrected chi connectivity index (χ2v) is 8.22. The highest BCUT2D eigenvalue weighted by atomic mass is 14.2. The van der Waals surface area contributed by atoms with Crippen LogP contribution in [0.4, 0.5) is 0 Å². The second-order valence-electron chi connectivity index (χ2n) is 8.22. The van der Waals surface area contributed by atoms with E-state index in [9.17, 15) is 0 Å². The van der Waals surface area contributed by atoms with Crippen molar-refractivity contribution in [1.29, 1.82) is 0 Å². The fourth-order valence-electron chi connectivity index (χ4n) is 4.13. The standard InChI is InChI=1S/C30H29/c1-22(25-13-7-4-8-14-25)28-19-29(23(2)26-15-9-5-10-16-26)21-30(20-28)24(3)27-17-11-6-12-18-27/h4-20,22-24H,1-3H3. The molecule has 4 aromatic carbocycles. The van der Waals surface area contributed by atoms with Gasteiger partial charge in [-0.1, -0.05) is 124 Å². The van der Waals surface area contributed by atoms with Crippen molar-refractivity contribution in [3.8, 4) is 0 Å². The van der Waals surface area contributed by atoms with Crippen molar-refractivity contribution in [2.45, 2.75) is 38.5 Å². The zero-order chi connectivity index (χ0) is 20.9. The Bertz CT molecular complexity index is 911. The molecule has 0 spiro atoms. The van der Waals surface area contributed by atoms with Crippen LogP contribution in [0.5, 0.6) is 0 Å². The first-order chi connectivity index (χ1) is 14.6. The van der Waals surface area contributed by atoms with Gasteiger partial charge in [0.25, 0.3) is 0 Å². The Balaban J connectivity index is 1.79. The van der Waals surface area contributed by atoms with Crippen molar-refractivity contribution in [2.24, 2.45) is 0 Å². The Morgan fingerprint density at radius 1 is 0.433 bits per heavy atom. The molecule has 0 aliphatic rings. The van der Waals surface area contributed by atoms with Gasteiger partial charge < -0.3 is 0 Å². The summed E-state index contributed by atoms with van der Waals surface area (Å²) in [4.78, 5) is 0. The minimum absolute atomic E-state index is 0.302. The Morgan fingerprint density at radius 2 is 0.767 bits per heavy atom. The summed E-state index contributed by atoms with van der Waals surface area (Å²) in [5, 5.41) is 0. The minimum Gasteiger partial charge on any atom is -0.0622 e. The molecule has 0 N–H and O–H groups in total. The lowest BCUT2D eigenvalue weighted by molar-refractivity contribution is 0.852. The molecule has 0 heteroatoms. The Kier molecular flexibility index (Phi) is 6.14. The van der Waals surface area contributed by atoms with E-state index in [1.54, 1.807) is 0 Å². The normalized spacial score (nSPS) is 14.1. The maximum Gasteiger partial charge on any atom is 0.00673 e. The Morgan fingerprint density at radius 3 is 1.13 bits per heavy atom. The third-order valence-corrected chi connectivity index (χ3v) is 6.26. The SMILES string of the molecule is CC(c1[c]c(C(C)c2ccccc2)cc(C(C)c2ccccc2)c1)c1ccccc1. The fraction of sp³-hybridized carbons (Fsp3) is 0.200. The molecule has 1 radical (unpaired) electrons. The molecule has 0 aliphatic heterocycles. The van der Waals surface area contributed by atoms with Gasteiger partial charge in [0.2, 0.25) is 0 Å². The molecule has 3 atom stereocenters. The van der Waals surface area contributed by atoms with Gasteiger partial charge in [0.1, 0.15) is 0 Å². The van der Waals surface area contributed by atoms with Crippen molar-refractivity contribution in [3.63, 3.8) is 0 Å². The van der Waals surface area contributed by atoms with Gasteiger partial charge in [0.05, 0.1) is 0 Å². The minimum atomic E-state index is 0.302. The predicted octanol–water partition coefficient (Wildman–Crippen LogP) is 7.94. The second kappa shape index (κ2) is 9.13. The summed E-state index contributed by atoms with van der Waals surface area (Å²) in [5.74, 6) is 0.941. The van der Waals surface area contributed by atoms with E-state index >= 15 is 0 Å². The van der Waals surface area contributed by atoms with E-state index in [1.165, 1.54) is 33.4 Å². The lowest BCUT2D eigenvalue weighted by atomic mass is 9.82. The molecule has 0 saturated carbocycles. The van der Waals surface area contributed by atoms with Crippen LogP contribution < -0.4 is 0 Å². The number of hydrogen-bond donors (Lipinski definition) is 0. The molecule has 0 nitrogen and oxygen atoms in total. The molecular weight excluding hydrogens is 360 g/mol. The summed E-state index contributed by atoms with van der Waals surface area (Å²) in [6.07, 6.45) is 0. The van der Waals surface area contributed by atoms with Crippen LogP contribution in [0.25, 0.3) is 0 Å². The number of rotatable bonds is 6. The summed E-state index contributed by atoms with van der Waals surface area (Å²) in [5.41, 5.74) is 7.89. The Hall–Kier alpha value is -3.12. The average Bonchev–Trinajstić information content (AvgIpc) is 2.84. The number of benzene rings is 4. The van der Waals surface area contributed by atoms with Gasteiger partial charge in [-0.25, -0.2) is 0 Å². The highest BCUT2D eigenvalue weighted by molar-refractivity contribution is 5.44. The van der Waals surface area contributed by atoms with Crippen LogP contribution in [0.3, 0.4) is 0 Å². The van der Waals surface area contributed by atoms with Gasteiger partial charge >= 0.3 is 0 Å². The first-order valence-corrected chi connectivity index (χ1v) is 10.9. The van der Waals surface area contributed by atoms with Crippen LogP contribution in [-0.4, -0.2) is 0 Å². The molecule has 0 heterocycles. The van der Waals surface area contributed by atoms with E-state index in [-0.39, 0.29) is 0 Å². The van der Waals surface area contributed by atoms with Crippen molar-refractivity contribution >= 4 is 0 Å². The van der Waals surface area contributed by atoms with Crippen LogP contribution >= 0.6 is 0 Å². The van der Waals surface area contributed by atoms with Gasteiger partial charge in [-0.15, -0.1) is 0 Å². The molecule has 0 aromatic heterocycles. The summed E-state index contributed by atoms with van der Waals surface area (Å²) in [6.45, 7) is 6.88. The first-order valence-electron chi connectivity index (χ1n) is 10.9. The van der Waals surface area contributed by atoms with E-state index in [0.29, 0.717) is 17.8 Å². The third kappa shape index (κ3) is 4.39. The molecule has 149 valence electrons. The molecular formula is C30H29. The third-order valence-electron chi connectivity index (χ3n) is 6.26. The van der Waals surface area contributed by atoms with Crippen molar-refractivity contribution in [1.82, 2.24) is 0 Å². The highest BCUT2D eigenvalue weighted by Gasteiger charge is 2.18. The van der Waals surface area contributed by atoms with Crippen LogP contribution in [0.1, 0.15) is 71.9 Å². The molecule has 3 unspecified atom stereocenters. The molecule has 0 saturated heterocycles. The van der Waals surface area contributed by atoms with Crippen LogP contribution in [0, 0.1) is 6.07 Å². The lowest BCUT2D eigenvalue weighted by Gasteiger charge is -2.21. The van der Waals surface area contributed by atoms with Crippen LogP contribution in [-0.2, 0) is 0 Å². The quantitative estimate of drug-likeness (QED) is 0.314. The fourth-order valence-corrected chi connectivity index (χ4v) is 4.13. The molecule has 0 amide bonds. The predicted molar refractivity (Wildman–Crippen MR) is 127 cm³/mol. The van der Waals surface area contributed by atoms with Gasteiger partial charge in [0, 0.05) is 17.8 Å². The molecule has 30 heavy (non-hydrogen) atoms. The maximum atomic E-state index is 3.79. The topological polar surface area (TPSA) is 0 Å². The van der Waals surface area contributed by atoms with Gasteiger partial charge in [-0.3, -0.25) is 0 Å². The van der Waals surface area contributed by atoms with Gasteiger partial charge in [-0.05, 0) is 39.4 Å². The molecule has 0 bridgehead atoms. The zero-order valence-corrected chi connectivity index (χ0v) is 18.0. The van der Waals surface area contributed by atoms with Gasteiger partial charge in [-0.2, -0.15) is 0 Å². The van der Waals surface area contributed by atoms with Crippen LogP contribution in [0.15, 0.2) is 103 Å². The summed E-state index contributed by atoms with van der Waals surface area (Å²) in [7, 11) is 0. The van der Waals surface area contributed by atoms with E-state index in [4.69, 9.17) is 0 Å². The smallest absolute Gasteiger partial charge is 0.00673 e.